The normalized spacial score (nSPS) is 14.1. The largest absolute Gasteiger partial charge is 0.508 e. The number of hydrogen-bond acceptors (Lipinski definition) is 6. The Labute approximate surface area is 188 Å². The predicted molar refractivity (Wildman–Crippen MR) is 119 cm³/mol. The number of hydrogen-bond donors (Lipinski definition) is 2. The van der Waals surface area contributed by atoms with Gasteiger partial charge in [-0.3, -0.25) is 9.59 Å². The van der Waals surface area contributed by atoms with Gasteiger partial charge >= 0.3 is 0 Å². The Hall–Kier alpha value is -3.42. The first-order chi connectivity index (χ1) is 15.4. The lowest BCUT2D eigenvalue weighted by molar-refractivity contribution is -0.131. The quantitative estimate of drug-likeness (QED) is 0.684. The third-order valence-electron chi connectivity index (χ3n) is 5.44. The Morgan fingerprint density at radius 2 is 1.62 bits per heavy atom. The summed E-state index contributed by atoms with van der Waals surface area (Å²) in [5.74, 6) is 0.784. The number of ether oxygens (including phenoxy) is 2. The highest BCUT2D eigenvalue weighted by molar-refractivity contribution is 5.95. The van der Waals surface area contributed by atoms with Gasteiger partial charge in [-0.05, 0) is 49.6 Å². The summed E-state index contributed by atoms with van der Waals surface area (Å²) in [7, 11) is 1.59. The highest BCUT2D eigenvalue weighted by Crippen LogP contribution is 2.28. The average Bonchev–Trinajstić information content (AvgIpc) is 3.03. The fourth-order valence-corrected chi connectivity index (χ4v) is 3.82. The molecule has 32 heavy (non-hydrogen) atoms. The fourth-order valence-electron chi connectivity index (χ4n) is 3.82. The second kappa shape index (κ2) is 10.7. The molecule has 0 radical (unpaired) electrons. The van der Waals surface area contributed by atoms with E-state index >= 15 is 0 Å². The van der Waals surface area contributed by atoms with Gasteiger partial charge in [0.1, 0.15) is 11.5 Å². The summed E-state index contributed by atoms with van der Waals surface area (Å²) in [5.41, 5.74) is 1.22. The highest BCUT2D eigenvalue weighted by Gasteiger charge is 2.23. The Morgan fingerprint density at radius 3 is 2.31 bits per heavy atom. The molecule has 1 aliphatic rings. The zero-order chi connectivity index (χ0) is 23.1. The molecule has 2 aromatic carbocycles. The van der Waals surface area contributed by atoms with Crippen LogP contribution in [0.4, 0.5) is 0 Å². The van der Waals surface area contributed by atoms with Crippen molar-refractivity contribution in [2.45, 2.75) is 26.2 Å². The summed E-state index contributed by atoms with van der Waals surface area (Å²) in [6, 6.07) is 9.54. The van der Waals surface area contributed by atoms with Crippen molar-refractivity contribution in [2.24, 2.45) is 0 Å². The van der Waals surface area contributed by atoms with E-state index in [0.29, 0.717) is 63.5 Å². The van der Waals surface area contributed by atoms with Crippen LogP contribution < -0.4 is 9.47 Å². The van der Waals surface area contributed by atoms with Gasteiger partial charge < -0.3 is 29.5 Å². The zero-order valence-corrected chi connectivity index (χ0v) is 18.5. The molecule has 2 amide bonds. The van der Waals surface area contributed by atoms with E-state index in [1.165, 1.54) is 18.2 Å². The van der Waals surface area contributed by atoms with Crippen LogP contribution in [0.3, 0.4) is 0 Å². The molecule has 0 saturated carbocycles. The van der Waals surface area contributed by atoms with Gasteiger partial charge in [0.25, 0.3) is 5.91 Å². The lowest BCUT2D eigenvalue weighted by Gasteiger charge is -2.22. The molecule has 8 nitrogen and oxygen atoms in total. The summed E-state index contributed by atoms with van der Waals surface area (Å²) in [6.45, 7) is 4.40. The van der Waals surface area contributed by atoms with E-state index in [1.807, 2.05) is 25.1 Å². The number of phenols is 2. The molecule has 8 heteroatoms. The lowest BCUT2D eigenvalue weighted by atomic mass is 10.1. The maximum Gasteiger partial charge on any atom is 0.254 e. The van der Waals surface area contributed by atoms with Gasteiger partial charge in [-0.2, -0.15) is 0 Å². The molecular formula is C24H30N2O6. The van der Waals surface area contributed by atoms with Crippen LogP contribution in [0.5, 0.6) is 23.0 Å². The molecule has 0 atom stereocenters. The molecule has 0 unspecified atom stereocenters. The Bertz CT molecular complexity index is 941. The van der Waals surface area contributed by atoms with Gasteiger partial charge in [0.05, 0.1) is 13.7 Å². The second-order valence-corrected chi connectivity index (χ2v) is 7.68. The molecule has 0 bridgehead atoms. The first kappa shape index (κ1) is 23.2. The van der Waals surface area contributed by atoms with Crippen molar-refractivity contribution in [3.63, 3.8) is 0 Å². The topological polar surface area (TPSA) is 99.5 Å². The van der Waals surface area contributed by atoms with Gasteiger partial charge in [-0.25, -0.2) is 0 Å². The maximum absolute atomic E-state index is 12.8. The van der Waals surface area contributed by atoms with Crippen LogP contribution in [0.2, 0.25) is 0 Å². The predicted octanol–water partition coefficient (Wildman–Crippen LogP) is 2.81. The molecule has 3 rings (SSSR count). The van der Waals surface area contributed by atoms with E-state index < -0.39 is 0 Å². The number of phenolic OH excluding ortho intramolecular Hbond substituents is 2. The minimum absolute atomic E-state index is 0.0437. The molecule has 172 valence electrons. The van der Waals surface area contributed by atoms with Crippen LogP contribution in [0.1, 0.15) is 35.7 Å². The standard InChI is InChI=1S/C24H30N2O6/c1-3-32-21-7-5-17(13-22(21)31-2)6-8-23(29)25-9-4-10-26(12-11-25)24(30)18-14-19(27)16-20(28)15-18/h5,7,13-16,27-28H,3-4,6,8-12H2,1-2H3. The third kappa shape index (κ3) is 5.84. The van der Waals surface area contributed by atoms with Crippen molar-refractivity contribution in [1.82, 2.24) is 9.80 Å². The molecule has 1 heterocycles. The summed E-state index contributed by atoms with van der Waals surface area (Å²) in [6.07, 6.45) is 1.62. The van der Waals surface area contributed by atoms with Gasteiger partial charge in [-0.15, -0.1) is 0 Å². The van der Waals surface area contributed by atoms with Gasteiger partial charge in [0.2, 0.25) is 5.91 Å². The van der Waals surface area contributed by atoms with Crippen molar-refractivity contribution in [1.29, 1.82) is 0 Å². The molecule has 0 aliphatic carbocycles. The first-order valence-corrected chi connectivity index (χ1v) is 10.8. The van der Waals surface area contributed by atoms with Gasteiger partial charge in [0, 0.05) is 44.2 Å². The van der Waals surface area contributed by atoms with E-state index in [1.54, 1.807) is 16.9 Å². The van der Waals surface area contributed by atoms with Gasteiger partial charge in [-0.1, -0.05) is 6.07 Å². The van der Waals surface area contributed by atoms with Crippen molar-refractivity contribution in [2.75, 3.05) is 39.9 Å². The number of methoxy groups -OCH3 is 1. The summed E-state index contributed by atoms with van der Waals surface area (Å²) in [5, 5.41) is 19.3. The molecule has 0 aromatic heterocycles. The summed E-state index contributed by atoms with van der Waals surface area (Å²) < 4.78 is 10.9. The minimum atomic E-state index is -0.271. The van der Waals surface area contributed by atoms with Crippen molar-refractivity contribution >= 4 is 11.8 Å². The van der Waals surface area contributed by atoms with Crippen LogP contribution >= 0.6 is 0 Å². The van der Waals surface area contributed by atoms with E-state index in [-0.39, 0.29) is 28.9 Å². The van der Waals surface area contributed by atoms with Crippen molar-refractivity contribution in [3.05, 3.63) is 47.5 Å². The van der Waals surface area contributed by atoms with E-state index in [9.17, 15) is 19.8 Å². The van der Waals surface area contributed by atoms with Crippen molar-refractivity contribution < 1.29 is 29.3 Å². The molecule has 1 saturated heterocycles. The Kier molecular flexibility index (Phi) is 7.81. The number of amides is 2. The van der Waals surface area contributed by atoms with Crippen LogP contribution in [0.25, 0.3) is 0 Å². The fraction of sp³-hybridized carbons (Fsp3) is 0.417. The highest BCUT2D eigenvalue weighted by atomic mass is 16.5. The van der Waals surface area contributed by atoms with Crippen LogP contribution in [-0.4, -0.2) is 71.7 Å². The molecular weight excluding hydrogens is 412 g/mol. The number of rotatable bonds is 7. The van der Waals surface area contributed by atoms with E-state index in [2.05, 4.69) is 0 Å². The SMILES string of the molecule is CCOc1ccc(CCC(=O)N2CCCN(C(=O)c3cc(O)cc(O)c3)CC2)cc1OC. The van der Waals surface area contributed by atoms with Gasteiger partial charge in [0.15, 0.2) is 11.5 Å². The minimum Gasteiger partial charge on any atom is -0.508 e. The second-order valence-electron chi connectivity index (χ2n) is 7.68. The Morgan fingerprint density at radius 1 is 0.938 bits per heavy atom. The number of nitrogens with zero attached hydrogens (tertiary/aromatic N) is 2. The average molecular weight is 443 g/mol. The number of aromatic hydroxyl groups is 2. The van der Waals surface area contributed by atoms with E-state index in [0.717, 1.165) is 5.56 Å². The Balaban J connectivity index is 1.56. The smallest absolute Gasteiger partial charge is 0.254 e. The number of aryl methyl sites for hydroxylation is 1. The zero-order valence-electron chi connectivity index (χ0n) is 18.5. The number of carbonyl (C=O) groups is 2. The maximum atomic E-state index is 12.8. The van der Waals surface area contributed by atoms with Crippen molar-refractivity contribution in [3.8, 4) is 23.0 Å². The van der Waals surface area contributed by atoms with Crippen LogP contribution in [0.15, 0.2) is 36.4 Å². The molecule has 2 N–H and O–H groups in total. The molecule has 0 spiro atoms. The third-order valence-corrected chi connectivity index (χ3v) is 5.44. The molecule has 1 aliphatic heterocycles. The first-order valence-electron chi connectivity index (χ1n) is 10.8. The molecule has 1 fully saturated rings. The summed E-state index contributed by atoms with van der Waals surface area (Å²) >= 11 is 0. The van der Waals surface area contributed by atoms with Crippen LogP contribution in [-0.2, 0) is 11.2 Å². The number of benzene rings is 2. The summed E-state index contributed by atoms with van der Waals surface area (Å²) in [4.78, 5) is 29.0. The van der Waals surface area contributed by atoms with Crippen LogP contribution in [0, 0.1) is 0 Å². The monoisotopic (exact) mass is 442 g/mol. The molecule has 2 aromatic rings. The lowest BCUT2D eigenvalue weighted by Crippen LogP contribution is -2.37. The van der Waals surface area contributed by atoms with E-state index in [4.69, 9.17) is 9.47 Å². The number of carbonyl (C=O) groups excluding carboxylic acids is 2.